The molecular formula is C22H20N2O8S. The molecule has 1 heterocycles. The van der Waals surface area contributed by atoms with Crippen LogP contribution in [0.15, 0.2) is 47.4 Å². The smallest absolute Gasteiger partial charge is 0.344 e. The first-order valence-corrected chi connectivity index (χ1v) is 10.6. The summed E-state index contributed by atoms with van der Waals surface area (Å²) in [5.41, 5.74) is 0.620. The van der Waals surface area contributed by atoms with Crippen molar-refractivity contribution in [1.82, 2.24) is 4.90 Å². The second-order valence-corrected chi connectivity index (χ2v) is 7.65. The summed E-state index contributed by atoms with van der Waals surface area (Å²) in [4.78, 5) is 48.6. The lowest BCUT2D eigenvalue weighted by Gasteiger charge is -2.12. The van der Waals surface area contributed by atoms with Gasteiger partial charge in [-0.05, 0) is 42.5 Å². The Bertz CT molecular complexity index is 1130. The third kappa shape index (κ3) is 5.69. The van der Waals surface area contributed by atoms with E-state index in [1.165, 1.54) is 31.4 Å². The lowest BCUT2D eigenvalue weighted by Crippen LogP contribution is -2.27. The first-order chi connectivity index (χ1) is 15.8. The maximum absolute atomic E-state index is 12.8. The number of methoxy groups -OCH3 is 1. The zero-order valence-corrected chi connectivity index (χ0v) is 18.6. The molecule has 3 rings (SSSR count). The van der Waals surface area contributed by atoms with E-state index < -0.39 is 22.0 Å². The molecule has 1 fully saturated rings. The molecule has 11 heteroatoms. The van der Waals surface area contributed by atoms with E-state index in [1.54, 1.807) is 31.2 Å². The lowest BCUT2D eigenvalue weighted by molar-refractivity contribution is -0.385. The number of esters is 1. The number of nitro groups is 1. The quantitative estimate of drug-likeness (QED) is 0.232. The van der Waals surface area contributed by atoms with Gasteiger partial charge in [-0.25, -0.2) is 4.79 Å². The first-order valence-electron chi connectivity index (χ1n) is 9.78. The van der Waals surface area contributed by atoms with Crippen molar-refractivity contribution in [3.8, 4) is 11.5 Å². The molecule has 0 saturated carbocycles. The first kappa shape index (κ1) is 23.8. The zero-order valence-electron chi connectivity index (χ0n) is 17.8. The van der Waals surface area contributed by atoms with Crippen molar-refractivity contribution in [3.63, 3.8) is 0 Å². The van der Waals surface area contributed by atoms with Gasteiger partial charge in [-0.2, -0.15) is 0 Å². The summed E-state index contributed by atoms with van der Waals surface area (Å²) >= 11 is 0.733. The molecule has 2 amide bonds. The van der Waals surface area contributed by atoms with E-state index in [1.807, 2.05) is 0 Å². The van der Waals surface area contributed by atoms with Gasteiger partial charge in [0.1, 0.15) is 0 Å². The van der Waals surface area contributed by atoms with Crippen LogP contribution in [0.1, 0.15) is 18.1 Å². The Morgan fingerprint density at radius 3 is 2.64 bits per heavy atom. The number of carbonyl (C=O) groups excluding carboxylic acids is 3. The molecule has 0 N–H and O–H groups in total. The fourth-order valence-corrected chi connectivity index (χ4v) is 3.85. The molecule has 10 nitrogen and oxygen atoms in total. The van der Waals surface area contributed by atoms with Crippen LogP contribution >= 0.6 is 11.8 Å². The molecule has 0 radical (unpaired) electrons. The third-order valence-corrected chi connectivity index (χ3v) is 5.43. The number of hydrogen-bond acceptors (Lipinski definition) is 9. The summed E-state index contributed by atoms with van der Waals surface area (Å²) in [6, 6.07) is 10.8. The molecule has 0 unspecified atom stereocenters. The topological polar surface area (TPSA) is 125 Å². The summed E-state index contributed by atoms with van der Waals surface area (Å²) in [5, 5.41) is 10.7. The summed E-state index contributed by atoms with van der Waals surface area (Å²) in [7, 11) is 1.44. The molecule has 0 aliphatic carbocycles. The van der Waals surface area contributed by atoms with Crippen LogP contribution in [0.4, 0.5) is 10.5 Å². The van der Waals surface area contributed by atoms with Crippen LogP contribution in [0.3, 0.4) is 0 Å². The van der Waals surface area contributed by atoms with Crippen molar-refractivity contribution in [2.45, 2.75) is 13.5 Å². The van der Waals surface area contributed by atoms with E-state index in [0.29, 0.717) is 11.3 Å². The van der Waals surface area contributed by atoms with E-state index in [4.69, 9.17) is 14.2 Å². The van der Waals surface area contributed by atoms with Crippen molar-refractivity contribution < 1.29 is 33.5 Å². The van der Waals surface area contributed by atoms with E-state index in [9.17, 15) is 24.5 Å². The van der Waals surface area contributed by atoms with Gasteiger partial charge in [0.05, 0.1) is 30.1 Å². The van der Waals surface area contributed by atoms with Gasteiger partial charge in [-0.3, -0.25) is 24.6 Å². The molecule has 2 aromatic rings. The van der Waals surface area contributed by atoms with Crippen molar-refractivity contribution in [2.75, 3.05) is 20.3 Å². The highest BCUT2D eigenvalue weighted by Gasteiger charge is 2.36. The van der Waals surface area contributed by atoms with Gasteiger partial charge in [-0.1, -0.05) is 24.3 Å². The highest BCUT2D eigenvalue weighted by atomic mass is 32.2. The molecule has 0 bridgehead atoms. The van der Waals surface area contributed by atoms with Crippen molar-refractivity contribution in [1.29, 1.82) is 0 Å². The Morgan fingerprint density at radius 1 is 1.18 bits per heavy atom. The third-order valence-electron chi connectivity index (χ3n) is 4.53. The van der Waals surface area contributed by atoms with E-state index in [-0.39, 0.29) is 41.7 Å². The van der Waals surface area contributed by atoms with Crippen LogP contribution in [0.2, 0.25) is 0 Å². The van der Waals surface area contributed by atoms with Crippen molar-refractivity contribution in [2.24, 2.45) is 0 Å². The summed E-state index contributed by atoms with van der Waals surface area (Å²) in [6.07, 6.45) is 1.50. The van der Waals surface area contributed by atoms with E-state index in [0.717, 1.165) is 16.7 Å². The van der Waals surface area contributed by atoms with E-state index >= 15 is 0 Å². The SMILES string of the molecule is CCOC(=O)COc1cc(/C=C2\SC(=O)N(Cc3ccccc3[N+](=O)[O-])C2=O)ccc1OC. The predicted octanol–water partition coefficient (Wildman–Crippen LogP) is 3.78. The minimum atomic E-state index is -0.562. The molecule has 0 aromatic heterocycles. The van der Waals surface area contributed by atoms with Gasteiger partial charge in [0, 0.05) is 11.6 Å². The molecule has 1 aliphatic heterocycles. The van der Waals surface area contributed by atoms with Gasteiger partial charge < -0.3 is 14.2 Å². The number of benzene rings is 2. The number of nitrogens with zero attached hydrogens (tertiary/aromatic N) is 2. The highest BCUT2D eigenvalue weighted by Crippen LogP contribution is 2.36. The van der Waals surface area contributed by atoms with Gasteiger partial charge in [-0.15, -0.1) is 0 Å². The molecular weight excluding hydrogens is 452 g/mol. The number of para-hydroxylation sites is 1. The molecule has 1 aliphatic rings. The Balaban J connectivity index is 1.80. The normalized spacial score (nSPS) is 14.5. The second kappa shape index (κ2) is 10.6. The van der Waals surface area contributed by atoms with E-state index in [2.05, 4.69) is 0 Å². The number of rotatable bonds is 9. The Hall–Kier alpha value is -3.86. The highest BCUT2D eigenvalue weighted by molar-refractivity contribution is 8.18. The number of hydrogen-bond donors (Lipinski definition) is 0. The average Bonchev–Trinajstić information content (AvgIpc) is 3.05. The summed E-state index contributed by atoms with van der Waals surface area (Å²) < 4.78 is 15.5. The fourth-order valence-electron chi connectivity index (χ4n) is 3.02. The summed E-state index contributed by atoms with van der Waals surface area (Å²) in [6.45, 7) is 1.37. The van der Waals surface area contributed by atoms with Crippen LogP contribution in [0.25, 0.3) is 6.08 Å². The molecule has 2 aromatic carbocycles. The monoisotopic (exact) mass is 472 g/mol. The summed E-state index contributed by atoms with van der Waals surface area (Å²) in [5.74, 6) is -0.464. The maximum Gasteiger partial charge on any atom is 0.344 e. The number of imide groups is 1. The van der Waals surface area contributed by atoms with Gasteiger partial charge in [0.25, 0.3) is 16.8 Å². The largest absolute Gasteiger partial charge is 0.493 e. The number of carbonyl (C=O) groups is 3. The van der Waals surface area contributed by atoms with Gasteiger partial charge >= 0.3 is 5.97 Å². The number of ether oxygens (including phenoxy) is 3. The zero-order chi connectivity index (χ0) is 24.0. The van der Waals surface area contributed by atoms with Crippen LogP contribution < -0.4 is 9.47 Å². The van der Waals surface area contributed by atoms with Crippen molar-refractivity contribution >= 4 is 40.6 Å². The molecule has 1 saturated heterocycles. The molecule has 0 atom stereocenters. The Kier molecular flexibility index (Phi) is 7.67. The molecule has 0 spiro atoms. The molecule has 33 heavy (non-hydrogen) atoms. The molecule has 172 valence electrons. The van der Waals surface area contributed by atoms with Crippen LogP contribution in [-0.4, -0.2) is 47.3 Å². The second-order valence-electron chi connectivity index (χ2n) is 6.66. The predicted molar refractivity (Wildman–Crippen MR) is 120 cm³/mol. The van der Waals surface area contributed by atoms with Crippen LogP contribution in [0, 0.1) is 10.1 Å². The Morgan fingerprint density at radius 2 is 1.94 bits per heavy atom. The minimum absolute atomic E-state index is 0.153. The Labute approximate surface area is 193 Å². The van der Waals surface area contributed by atoms with Gasteiger partial charge in [0.2, 0.25) is 0 Å². The van der Waals surface area contributed by atoms with Gasteiger partial charge in [0.15, 0.2) is 18.1 Å². The minimum Gasteiger partial charge on any atom is -0.493 e. The maximum atomic E-state index is 12.8. The van der Waals surface area contributed by atoms with Crippen LogP contribution in [-0.2, 0) is 20.9 Å². The van der Waals surface area contributed by atoms with Crippen molar-refractivity contribution in [3.05, 3.63) is 68.6 Å². The number of thioether (sulfide) groups is 1. The average molecular weight is 472 g/mol. The standard InChI is InChI=1S/C22H20N2O8S/c1-3-31-20(25)13-32-18-10-14(8-9-17(18)30-2)11-19-21(26)23(22(27)33-19)12-15-6-4-5-7-16(15)24(28)29/h4-11H,3,12-13H2,1-2H3/b19-11-. The lowest BCUT2D eigenvalue weighted by atomic mass is 10.1. The fraction of sp³-hybridized carbons (Fsp3) is 0.227. The number of nitro benzene ring substituents is 1. The number of amides is 2. The van der Waals surface area contributed by atoms with Crippen LogP contribution in [0.5, 0.6) is 11.5 Å².